The van der Waals surface area contributed by atoms with Gasteiger partial charge in [-0.15, -0.1) is 0 Å². The summed E-state index contributed by atoms with van der Waals surface area (Å²) >= 11 is 0. The van der Waals surface area contributed by atoms with E-state index in [-0.39, 0.29) is 17.9 Å². The molecule has 1 aliphatic carbocycles. The molecule has 2 heterocycles. The number of amides is 2. The van der Waals surface area contributed by atoms with Gasteiger partial charge in [0, 0.05) is 31.4 Å². The van der Waals surface area contributed by atoms with Gasteiger partial charge in [-0.1, -0.05) is 18.6 Å². The van der Waals surface area contributed by atoms with Gasteiger partial charge in [-0.3, -0.25) is 9.59 Å². The normalized spacial score (nSPS) is 23.2. The van der Waals surface area contributed by atoms with Crippen LogP contribution in [-0.2, 0) is 11.8 Å². The van der Waals surface area contributed by atoms with Crippen LogP contribution in [0.1, 0.15) is 61.5 Å². The molecule has 4 rings (SSSR count). The monoisotopic (exact) mass is 367 g/mol. The Labute approximate surface area is 160 Å². The Morgan fingerprint density at radius 2 is 1.93 bits per heavy atom. The zero-order valence-corrected chi connectivity index (χ0v) is 16.5. The van der Waals surface area contributed by atoms with Crippen LogP contribution < -0.4 is 10.2 Å². The number of nitrogens with zero attached hydrogens (tertiary/aromatic N) is 2. The van der Waals surface area contributed by atoms with Gasteiger partial charge in [-0.2, -0.15) is 0 Å². The summed E-state index contributed by atoms with van der Waals surface area (Å²) in [7, 11) is 1.93. The standard InChI is InChI=1S/C22H29N3O2/c1-14-6-9-16(10-7-14)23-22(27)21-20(25-12-4-5-19(25)26)17-13-15(2)8-11-18(17)24(21)3/h8,11,13-14,16H,4-7,9-10,12H2,1-3H3,(H,23,27). The van der Waals surface area contributed by atoms with Crippen LogP contribution in [0.2, 0.25) is 0 Å². The van der Waals surface area contributed by atoms with Crippen LogP contribution >= 0.6 is 0 Å². The summed E-state index contributed by atoms with van der Waals surface area (Å²) in [5.41, 5.74) is 3.54. The van der Waals surface area contributed by atoms with E-state index in [1.165, 1.54) is 0 Å². The van der Waals surface area contributed by atoms with Gasteiger partial charge in [0.1, 0.15) is 5.69 Å². The molecule has 0 spiro atoms. The van der Waals surface area contributed by atoms with Gasteiger partial charge in [0.2, 0.25) is 5.91 Å². The zero-order valence-electron chi connectivity index (χ0n) is 16.5. The molecule has 2 aromatic rings. The van der Waals surface area contributed by atoms with Crippen molar-refractivity contribution in [2.45, 2.75) is 58.4 Å². The summed E-state index contributed by atoms with van der Waals surface area (Å²) < 4.78 is 1.95. The molecule has 2 aliphatic rings. The number of rotatable bonds is 3. The van der Waals surface area contributed by atoms with E-state index >= 15 is 0 Å². The summed E-state index contributed by atoms with van der Waals surface area (Å²) in [4.78, 5) is 27.6. The van der Waals surface area contributed by atoms with E-state index in [0.717, 1.165) is 60.2 Å². The van der Waals surface area contributed by atoms with E-state index in [1.807, 2.05) is 29.5 Å². The average molecular weight is 367 g/mol. The number of aromatic nitrogens is 1. The lowest BCUT2D eigenvalue weighted by atomic mass is 9.87. The summed E-state index contributed by atoms with van der Waals surface area (Å²) in [5, 5.41) is 4.25. The van der Waals surface area contributed by atoms with Gasteiger partial charge in [0.25, 0.3) is 5.91 Å². The van der Waals surface area contributed by atoms with Crippen LogP contribution in [0.5, 0.6) is 0 Å². The van der Waals surface area contributed by atoms with Crippen molar-refractivity contribution >= 4 is 28.4 Å². The van der Waals surface area contributed by atoms with E-state index in [0.29, 0.717) is 18.7 Å². The zero-order chi connectivity index (χ0) is 19.1. The van der Waals surface area contributed by atoms with Crippen molar-refractivity contribution in [3.8, 4) is 0 Å². The van der Waals surface area contributed by atoms with Gasteiger partial charge in [0.05, 0.1) is 11.2 Å². The number of carbonyl (C=O) groups excluding carboxylic acids is 2. The highest BCUT2D eigenvalue weighted by molar-refractivity contribution is 6.14. The molecule has 1 aromatic heterocycles. The fraction of sp³-hybridized carbons (Fsp3) is 0.545. The minimum absolute atomic E-state index is 0.0550. The first kappa shape index (κ1) is 18.1. The predicted octanol–water partition coefficient (Wildman–Crippen LogP) is 3.92. The third-order valence-corrected chi connectivity index (χ3v) is 6.24. The SMILES string of the molecule is Cc1ccc2c(c1)c(N1CCCC1=O)c(C(=O)NC1CCC(C)CC1)n2C. The summed E-state index contributed by atoms with van der Waals surface area (Å²) in [6, 6.07) is 6.43. The Bertz CT molecular complexity index is 891. The largest absolute Gasteiger partial charge is 0.348 e. The fourth-order valence-corrected chi connectivity index (χ4v) is 4.61. The second-order valence-electron chi connectivity index (χ2n) is 8.36. The summed E-state index contributed by atoms with van der Waals surface area (Å²) in [6.45, 7) is 5.01. The van der Waals surface area contributed by atoms with Crippen molar-refractivity contribution in [1.29, 1.82) is 0 Å². The molecule has 1 aliphatic heterocycles. The molecular formula is C22H29N3O2. The maximum Gasteiger partial charge on any atom is 0.270 e. The van der Waals surface area contributed by atoms with Crippen molar-refractivity contribution in [3.05, 3.63) is 29.5 Å². The lowest BCUT2D eigenvalue weighted by Crippen LogP contribution is -2.39. The Morgan fingerprint density at radius 3 is 2.59 bits per heavy atom. The lowest BCUT2D eigenvalue weighted by molar-refractivity contribution is -0.117. The van der Waals surface area contributed by atoms with Crippen molar-refractivity contribution in [1.82, 2.24) is 9.88 Å². The number of aryl methyl sites for hydroxylation is 2. The molecule has 0 bridgehead atoms. The van der Waals surface area contributed by atoms with Gasteiger partial charge in [-0.05, 0) is 57.1 Å². The van der Waals surface area contributed by atoms with E-state index in [9.17, 15) is 9.59 Å². The highest BCUT2D eigenvalue weighted by atomic mass is 16.2. The van der Waals surface area contributed by atoms with Crippen LogP contribution in [0.3, 0.4) is 0 Å². The number of nitrogens with one attached hydrogen (secondary N) is 1. The second kappa shape index (κ2) is 7.02. The Kier molecular flexibility index (Phi) is 4.70. The van der Waals surface area contributed by atoms with Gasteiger partial charge >= 0.3 is 0 Å². The maximum atomic E-state index is 13.3. The third-order valence-electron chi connectivity index (χ3n) is 6.24. The molecular weight excluding hydrogens is 338 g/mol. The molecule has 1 aromatic carbocycles. The first-order chi connectivity index (χ1) is 13.0. The van der Waals surface area contributed by atoms with Crippen LogP contribution in [0.25, 0.3) is 10.9 Å². The van der Waals surface area contributed by atoms with Crippen LogP contribution in [0.15, 0.2) is 18.2 Å². The van der Waals surface area contributed by atoms with Crippen molar-refractivity contribution in [3.63, 3.8) is 0 Å². The van der Waals surface area contributed by atoms with Crippen LogP contribution in [-0.4, -0.2) is 29.0 Å². The van der Waals surface area contributed by atoms with Gasteiger partial charge in [0.15, 0.2) is 0 Å². The molecule has 1 N–H and O–H groups in total. The quantitative estimate of drug-likeness (QED) is 0.894. The van der Waals surface area contributed by atoms with E-state index in [4.69, 9.17) is 0 Å². The number of anilines is 1. The van der Waals surface area contributed by atoms with Crippen LogP contribution in [0, 0.1) is 12.8 Å². The first-order valence-corrected chi connectivity index (χ1v) is 10.2. The molecule has 0 unspecified atom stereocenters. The highest BCUT2D eigenvalue weighted by Gasteiger charge is 2.32. The van der Waals surface area contributed by atoms with E-state index in [2.05, 4.69) is 24.4 Å². The molecule has 5 nitrogen and oxygen atoms in total. The topological polar surface area (TPSA) is 54.3 Å². The Hall–Kier alpha value is -2.30. The first-order valence-electron chi connectivity index (χ1n) is 10.2. The molecule has 2 fully saturated rings. The number of carbonyl (C=O) groups is 2. The molecule has 5 heteroatoms. The number of hydrogen-bond acceptors (Lipinski definition) is 2. The van der Waals surface area contributed by atoms with Crippen LogP contribution in [0.4, 0.5) is 5.69 Å². The molecule has 1 saturated carbocycles. The second-order valence-corrected chi connectivity index (χ2v) is 8.36. The van der Waals surface area contributed by atoms with Crippen molar-refractivity contribution < 1.29 is 9.59 Å². The summed E-state index contributed by atoms with van der Waals surface area (Å²) in [5.74, 6) is 0.807. The number of benzene rings is 1. The van der Waals surface area contributed by atoms with Gasteiger partial charge in [-0.25, -0.2) is 0 Å². The summed E-state index contributed by atoms with van der Waals surface area (Å²) in [6.07, 6.45) is 5.81. The average Bonchev–Trinajstić information content (AvgIpc) is 3.17. The minimum atomic E-state index is -0.0550. The fourth-order valence-electron chi connectivity index (χ4n) is 4.61. The lowest BCUT2D eigenvalue weighted by Gasteiger charge is -2.27. The maximum absolute atomic E-state index is 13.3. The molecule has 1 saturated heterocycles. The molecule has 2 amide bonds. The van der Waals surface area contributed by atoms with E-state index < -0.39 is 0 Å². The molecule has 27 heavy (non-hydrogen) atoms. The predicted molar refractivity (Wildman–Crippen MR) is 108 cm³/mol. The molecule has 0 atom stereocenters. The Morgan fingerprint density at radius 1 is 1.19 bits per heavy atom. The van der Waals surface area contributed by atoms with Crippen molar-refractivity contribution in [2.24, 2.45) is 13.0 Å². The molecule has 144 valence electrons. The highest BCUT2D eigenvalue weighted by Crippen LogP contribution is 2.36. The minimum Gasteiger partial charge on any atom is -0.348 e. The third kappa shape index (κ3) is 3.24. The van der Waals surface area contributed by atoms with Gasteiger partial charge < -0.3 is 14.8 Å². The van der Waals surface area contributed by atoms with E-state index in [1.54, 1.807) is 0 Å². The number of fused-ring (bicyclic) bond motifs is 1. The Balaban J connectivity index is 1.75. The van der Waals surface area contributed by atoms with Crippen molar-refractivity contribution in [2.75, 3.05) is 11.4 Å². The smallest absolute Gasteiger partial charge is 0.270 e. The number of hydrogen-bond donors (Lipinski definition) is 1. The molecule has 0 radical (unpaired) electrons.